The molecule has 0 aliphatic carbocycles. The molecule has 0 radical (unpaired) electrons. The number of hydrogen-bond acceptors (Lipinski definition) is 7. The third-order valence-corrected chi connectivity index (χ3v) is 5.97. The lowest BCUT2D eigenvalue weighted by molar-refractivity contribution is -0.115. The van der Waals surface area contributed by atoms with Crippen molar-refractivity contribution in [3.8, 4) is 11.3 Å². The molecule has 3 heterocycles. The van der Waals surface area contributed by atoms with Crippen molar-refractivity contribution in [2.75, 3.05) is 11.6 Å². The molecule has 0 saturated carbocycles. The largest absolute Gasteiger partial charge is 0.324 e. The van der Waals surface area contributed by atoms with E-state index in [-0.39, 0.29) is 17.2 Å². The third-order valence-electron chi connectivity index (χ3n) is 4.26. The zero-order valence-electron chi connectivity index (χ0n) is 15.4. The van der Waals surface area contributed by atoms with Crippen molar-refractivity contribution in [3.63, 3.8) is 0 Å². The van der Waals surface area contributed by atoms with E-state index in [1.165, 1.54) is 17.5 Å². The summed E-state index contributed by atoms with van der Waals surface area (Å²) < 4.78 is 23.6. The van der Waals surface area contributed by atoms with Crippen LogP contribution in [0.2, 0.25) is 0 Å². The van der Waals surface area contributed by atoms with Crippen molar-refractivity contribution < 1.29 is 13.2 Å². The Bertz CT molecular complexity index is 1300. The normalized spacial score (nSPS) is 11.5. The molecule has 1 aromatic carbocycles. The van der Waals surface area contributed by atoms with Crippen LogP contribution in [0, 0.1) is 0 Å². The predicted octanol–water partition coefficient (Wildman–Crippen LogP) is 3.34. The second kappa shape index (κ2) is 7.69. The van der Waals surface area contributed by atoms with E-state index in [0.717, 1.165) is 11.6 Å². The maximum Gasteiger partial charge on any atom is 0.230 e. The molecule has 4 aromatic rings. The number of pyridine rings is 2. The van der Waals surface area contributed by atoms with Gasteiger partial charge in [-0.2, -0.15) is 0 Å². The second-order valence-corrected chi connectivity index (χ2v) is 9.19. The van der Waals surface area contributed by atoms with Crippen molar-refractivity contribution in [2.24, 2.45) is 0 Å². The summed E-state index contributed by atoms with van der Waals surface area (Å²) in [5, 5.41) is 5.58. The minimum atomic E-state index is -3.38. The van der Waals surface area contributed by atoms with Crippen LogP contribution in [0.5, 0.6) is 0 Å². The van der Waals surface area contributed by atoms with E-state index in [1.54, 1.807) is 29.9 Å². The SMILES string of the molecule is CS(=O)(=O)c1cncc(-c2ccc3cccc(NC(=O)Cc4cscn4)c3n2)c1. The lowest BCUT2D eigenvalue weighted by Crippen LogP contribution is -2.15. The van der Waals surface area contributed by atoms with Gasteiger partial charge in [-0.05, 0) is 18.2 Å². The van der Waals surface area contributed by atoms with Gasteiger partial charge in [0.05, 0.1) is 39.4 Å². The number of para-hydroxylation sites is 1. The fourth-order valence-corrected chi connectivity index (χ4v) is 4.01. The highest BCUT2D eigenvalue weighted by molar-refractivity contribution is 7.90. The Morgan fingerprint density at radius 3 is 2.79 bits per heavy atom. The Labute approximate surface area is 171 Å². The molecule has 7 nitrogen and oxygen atoms in total. The quantitative estimate of drug-likeness (QED) is 0.527. The molecular weight excluding hydrogens is 408 g/mol. The molecule has 0 unspecified atom stereocenters. The molecule has 0 aliphatic heterocycles. The van der Waals surface area contributed by atoms with Crippen LogP contribution in [-0.4, -0.2) is 35.5 Å². The maximum atomic E-state index is 12.4. The number of nitrogens with zero attached hydrogens (tertiary/aromatic N) is 3. The number of anilines is 1. The van der Waals surface area contributed by atoms with Crippen LogP contribution < -0.4 is 5.32 Å². The Hall–Kier alpha value is -3.17. The van der Waals surface area contributed by atoms with E-state index in [2.05, 4.69) is 20.3 Å². The van der Waals surface area contributed by atoms with Crippen LogP contribution in [-0.2, 0) is 21.1 Å². The number of hydrogen-bond donors (Lipinski definition) is 1. The van der Waals surface area contributed by atoms with E-state index in [1.807, 2.05) is 23.6 Å². The summed E-state index contributed by atoms with van der Waals surface area (Å²) in [5.41, 5.74) is 4.74. The van der Waals surface area contributed by atoms with Gasteiger partial charge in [-0.3, -0.25) is 9.78 Å². The molecule has 0 bridgehead atoms. The predicted molar refractivity (Wildman–Crippen MR) is 113 cm³/mol. The van der Waals surface area contributed by atoms with E-state index in [0.29, 0.717) is 28.2 Å². The average molecular weight is 425 g/mol. The summed E-state index contributed by atoms with van der Waals surface area (Å²) >= 11 is 1.44. The molecule has 0 atom stereocenters. The Balaban J connectivity index is 1.70. The zero-order valence-corrected chi connectivity index (χ0v) is 17.0. The third kappa shape index (κ3) is 4.30. The Morgan fingerprint density at radius 2 is 2.03 bits per heavy atom. The molecule has 1 amide bonds. The van der Waals surface area contributed by atoms with E-state index in [4.69, 9.17) is 0 Å². The van der Waals surface area contributed by atoms with Crippen LogP contribution in [0.15, 0.2) is 64.6 Å². The summed E-state index contributed by atoms with van der Waals surface area (Å²) in [6.07, 6.45) is 4.19. The molecule has 4 rings (SSSR count). The minimum Gasteiger partial charge on any atom is -0.324 e. The van der Waals surface area contributed by atoms with Gasteiger partial charge in [0.2, 0.25) is 5.91 Å². The molecule has 1 N–H and O–H groups in total. The second-order valence-electron chi connectivity index (χ2n) is 6.46. The molecule has 0 saturated heterocycles. The van der Waals surface area contributed by atoms with E-state index < -0.39 is 9.84 Å². The maximum absolute atomic E-state index is 12.4. The van der Waals surface area contributed by atoms with Crippen molar-refractivity contribution in [2.45, 2.75) is 11.3 Å². The molecule has 3 aromatic heterocycles. The molecule has 0 spiro atoms. The summed E-state index contributed by atoms with van der Waals surface area (Å²) in [5.74, 6) is -0.184. The van der Waals surface area contributed by atoms with Crippen LogP contribution in [0.25, 0.3) is 22.2 Å². The molecular formula is C20H16N4O3S2. The fourth-order valence-electron chi connectivity index (χ4n) is 2.85. The first kappa shape index (κ1) is 19.2. The summed E-state index contributed by atoms with van der Waals surface area (Å²) in [7, 11) is -3.38. The number of sulfone groups is 1. The number of thiazole rings is 1. The average Bonchev–Trinajstić information content (AvgIpc) is 3.20. The first-order chi connectivity index (χ1) is 13.9. The number of rotatable bonds is 5. The van der Waals surface area contributed by atoms with Crippen molar-refractivity contribution >= 4 is 43.7 Å². The zero-order chi connectivity index (χ0) is 20.4. The topological polar surface area (TPSA) is 102 Å². The fraction of sp³-hybridized carbons (Fsp3) is 0.100. The van der Waals surface area contributed by atoms with E-state index >= 15 is 0 Å². The summed E-state index contributed by atoms with van der Waals surface area (Å²) in [6.45, 7) is 0. The summed E-state index contributed by atoms with van der Waals surface area (Å²) in [6, 6.07) is 10.7. The van der Waals surface area contributed by atoms with Gasteiger partial charge >= 0.3 is 0 Å². The van der Waals surface area contributed by atoms with Gasteiger partial charge in [0, 0.05) is 35.0 Å². The van der Waals surface area contributed by atoms with Crippen LogP contribution in [0.3, 0.4) is 0 Å². The van der Waals surface area contributed by atoms with Crippen LogP contribution in [0.1, 0.15) is 5.69 Å². The lowest BCUT2D eigenvalue weighted by Gasteiger charge is -2.10. The van der Waals surface area contributed by atoms with E-state index in [9.17, 15) is 13.2 Å². The number of aromatic nitrogens is 3. The number of carbonyl (C=O) groups is 1. The van der Waals surface area contributed by atoms with Gasteiger partial charge in [0.1, 0.15) is 0 Å². The highest BCUT2D eigenvalue weighted by atomic mass is 32.2. The molecule has 0 fully saturated rings. The van der Waals surface area contributed by atoms with Gasteiger partial charge in [0.25, 0.3) is 0 Å². The van der Waals surface area contributed by atoms with Gasteiger partial charge in [-0.25, -0.2) is 18.4 Å². The monoisotopic (exact) mass is 424 g/mol. The van der Waals surface area contributed by atoms with Crippen LogP contribution in [0.4, 0.5) is 5.69 Å². The standard InChI is InChI=1S/C20H16N4O3S2/c1-29(26,27)16-7-14(9-21-10-16)17-6-5-13-3-2-4-18(20(13)24-17)23-19(25)8-15-11-28-12-22-15/h2-7,9-12H,8H2,1H3,(H,23,25). The lowest BCUT2D eigenvalue weighted by atomic mass is 10.1. The van der Waals surface area contributed by atoms with Crippen molar-refractivity contribution in [3.05, 3.63) is 65.4 Å². The first-order valence-electron chi connectivity index (χ1n) is 8.62. The highest BCUT2D eigenvalue weighted by Gasteiger charge is 2.13. The highest BCUT2D eigenvalue weighted by Crippen LogP contribution is 2.27. The number of fused-ring (bicyclic) bond motifs is 1. The smallest absolute Gasteiger partial charge is 0.230 e. The Kier molecular flexibility index (Phi) is 5.08. The van der Waals surface area contributed by atoms with Crippen molar-refractivity contribution in [1.29, 1.82) is 0 Å². The van der Waals surface area contributed by atoms with Gasteiger partial charge in [0.15, 0.2) is 9.84 Å². The molecule has 146 valence electrons. The number of amides is 1. The molecule has 0 aliphatic rings. The van der Waals surface area contributed by atoms with Crippen molar-refractivity contribution in [1.82, 2.24) is 15.0 Å². The molecule has 9 heteroatoms. The Morgan fingerprint density at radius 1 is 1.17 bits per heavy atom. The van der Waals surface area contributed by atoms with Gasteiger partial charge in [-0.15, -0.1) is 11.3 Å². The molecule has 29 heavy (non-hydrogen) atoms. The minimum absolute atomic E-state index is 0.127. The van der Waals surface area contributed by atoms with Gasteiger partial charge < -0.3 is 5.32 Å². The van der Waals surface area contributed by atoms with Crippen LogP contribution >= 0.6 is 11.3 Å². The number of benzene rings is 1. The first-order valence-corrected chi connectivity index (χ1v) is 11.5. The van der Waals surface area contributed by atoms with Gasteiger partial charge in [-0.1, -0.05) is 18.2 Å². The number of carbonyl (C=O) groups excluding carboxylic acids is 1. The summed E-state index contributed by atoms with van der Waals surface area (Å²) in [4.78, 5) is 25.3. The number of nitrogens with one attached hydrogen (secondary N) is 1.